The van der Waals surface area contributed by atoms with Crippen LogP contribution in [0.15, 0.2) is 60.9 Å². The second kappa shape index (κ2) is 9.19. The van der Waals surface area contributed by atoms with Gasteiger partial charge in [0, 0.05) is 11.4 Å². The van der Waals surface area contributed by atoms with Crippen LogP contribution in [0.25, 0.3) is 0 Å². The van der Waals surface area contributed by atoms with Gasteiger partial charge in [0.15, 0.2) is 0 Å². The molecule has 0 aliphatic carbocycles. The average molecular weight is 390 g/mol. The predicted octanol–water partition coefficient (Wildman–Crippen LogP) is 5.38. The standard InChI is InChI=1S/C23H26N4O2/c1-15(2)17-5-7-19(8-6-17)27-23(28)21-13-25-22(14-24-21)26-18-9-11-20(12-10-18)29-16(3)4/h5-16H,1-4H3,(H,25,26)(H,27,28). The summed E-state index contributed by atoms with van der Waals surface area (Å²) >= 11 is 0. The number of ether oxygens (including phenoxy) is 1. The predicted molar refractivity (Wildman–Crippen MR) is 116 cm³/mol. The Morgan fingerprint density at radius 2 is 1.52 bits per heavy atom. The van der Waals surface area contributed by atoms with Gasteiger partial charge in [-0.3, -0.25) is 4.79 Å². The van der Waals surface area contributed by atoms with E-state index in [1.165, 1.54) is 18.0 Å². The summed E-state index contributed by atoms with van der Waals surface area (Å²) in [6, 6.07) is 15.4. The highest BCUT2D eigenvalue weighted by molar-refractivity contribution is 6.02. The van der Waals surface area contributed by atoms with Crippen molar-refractivity contribution in [2.75, 3.05) is 10.6 Å². The second-order valence-corrected chi connectivity index (χ2v) is 7.33. The number of aromatic nitrogens is 2. The van der Waals surface area contributed by atoms with Gasteiger partial charge in [-0.15, -0.1) is 0 Å². The number of amides is 1. The molecule has 0 aliphatic rings. The Bertz CT molecular complexity index is 934. The monoisotopic (exact) mass is 390 g/mol. The van der Waals surface area contributed by atoms with Crippen molar-refractivity contribution in [1.29, 1.82) is 0 Å². The lowest BCUT2D eigenvalue weighted by Gasteiger charge is -2.11. The Hall–Kier alpha value is -3.41. The highest BCUT2D eigenvalue weighted by atomic mass is 16.5. The largest absolute Gasteiger partial charge is 0.491 e. The summed E-state index contributed by atoms with van der Waals surface area (Å²) in [5.74, 6) is 1.52. The molecule has 0 spiro atoms. The highest BCUT2D eigenvalue weighted by Crippen LogP contribution is 2.20. The summed E-state index contributed by atoms with van der Waals surface area (Å²) < 4.78 is 5.63. The Morgan fingerprint density at radius 3 is 2.07 bits per heavy atom. The first kappa shape index (κ1) is 20.3. The van der Waals surface area contributed by atoms with E-state index in [-0.39, 0.29) is 17.7 Å². The molecule has 0 saturated heterocycles. The topological polar surface area (TPSA) is 76.1 Å². The van der Waals surface area contributed by atoms with E-state index in [4.69, 9.17) is 4.74 Å². The van der Waals surface area contributed by atoms with Crippen molar-refractivity contribution in [3.63, 3.8) is 0 Å². The van der Waals surface area contributed by atoms with Gasteiger partial charge in [-0.1, -0.05) is 26.0 Å². The molecule has 29 heavy (non-hydrogen) atoms. The van der Waals surface area contributed by atoms with E-state index >= 15 is 0 Å². The summed E-state index contributed by atoms with van der Waals surface area (Å²) in [6.45, 7) is 8.24. The number of benzene rings is 2. The zero-order valence-electron chi connectivity index (χ0n) is 17.1. The number of carbonyl (C=O) groups is 1. The molecule has 3 rings (SSSR count). The van der Waals surface area contributed by atoms with Crippen molar-refractivity contribution in [1.82, 2.24) is 9.97 Å². The van der Waals surface area contributed by atoms with Crippen molar-refractivity contribution < 1.29 is 9.53 Å². The first-order valence-corrected chi connectivity index (χ1v) is 9.68. The Kier molecular flexibility index (Phi) is 6.44. The number of hydrogen-bond donors (Lipinski definition) is 2. The van der Waals surface area contributed by atoms with E-state index in [0.717, 1.165) is 17.1 Å². The summed E-state index contributed by atoms with van der Waals surface area (Å²) in [5, 5.41) is 6.00. The summed E-state index contributed by atoms with van der Waals surface area (Å²) in [4.78, 5) is 20.9. The zero-order valence-corrected chi connectivity index (χ0v) is 17.1. The molecule has 3 aromatic rings. The molecule has 0 fully saturated rings. The normalized spacial score (nSPS) is 10.8. The molecule has 0 saturated carbocycles. The van der Waals surface area contributed by atoms with Gasteiger partial charge in [0.2, 0.25) is 0 Å². The van der Waals surface area contributed by atoms with Crippen molar-refractivity contribution in [2.24, 2.45) is 0 Å². The molecule has 1 amide bonds. The van der Waals surface area contributed by atoms with E-state index in [9.17, 15) is 4.79 Å². The van der Waals surface area contributed by atoms with Crippen molar-refractivity contribution >= 4 is 23.1 Å². The quantitative estimate of drug-likeness (QED) is 0.566. The lowest BCUT2D eigenvalue weighted by atomic mass is 10.0. The molecule has 1 heterocycles. The van der Waals surface area contributed by atoms with E-state index in [0.29, 0.717) is 11.7 Å². The van der Waals surface area contributed by atoms with Crippen molar-refractivity contribution in [3.05, 3.63) is 72.2 Å². The first-order chi connectivity index (χ1) is 13.9. The van der Waals surface area contributed by atoms with Crippen LogP contribution >= 0.6 is 0 Å². The molecule has 0 bridgehead atoms. The summed E-state index contributed by atoms with van der Waals surface area (Å²) in [7, 11) is 0. The van der Waals surface area contributed by atoms with Crippen molar-refractivity contribution in [2.45, 2.75) is 39.7 Å². The van der Waals surface area contributed by atoms with Gasteiger partial charge in [-0.25, -0.2) is 9.97 Å². The molecule has 6 heteroatoms. The van der Waals surface area contributed by atoms with Gasteiger partial charge >= 0.3 is 0 Å². The maximum atomic E-state index is 12.4. The molecule has 0 aliphatic heterocycles. The third kappa shape index (κ3) is 5.78. The number of carbonyl (C=O) groups excluding carboxylic acids is 1. The SMILES string of the molecule is CC(C)Oc1ccc(Nc2cnc(C(=O)Nc3ccc(C(C)C)cc3)cn2)cc1. The minimum atomic E-state index is -0.295. The Labute approximate surface area is 171 Å². The van der Waals surface area contributed by atoms with Crippen LogP contribution in [0.2, 0.25) is 0 Å². The molecule has 1 aromatic heterocycles. The first-order valence-electron chi connectivity index (χ1n) is 9.68. The molecule has 0 radical (unpaired) electrons. The van der Waals surface area contributed by atoms with Gasteiger partial charge in [0.1, 0.15) is 17.3 Å². The van der Waals surface area contributed by atoms with Crippen LogP contribution in [-0.4, -0.2) is 22.0 Å². The molecule has 0 unspecified atom stereocenters. The van der Waals surface area contributed by atoms with Crippen LogP contribution in [0, 0.1) is 0 Å². The zero-order chi connectivity index (χ0) is 20.8. The molecular weight excluding hydrogens is 364 g/mol. The fraction of sp³-hybridized carbons (Fsp3) is 0.261. The fourth-order valence-electron chi connectivity index (χ4n) is 2.69. The third-order valence-electron chi connectivity index (χ3n) is 4.22. The van der Waals surface area contributed by atoms with Gasteiger partial charge < -0.3 is 15.4 Å². The Balaban J connectivity index is 1.59. The van der Waals surface area contributed by atoms with Gasteiger partial charge in [0.25, 0.3) is 5.91 Å². The van der Waals surface area contributed by atoms with E-state index in [2.05, 4.69) is 34.4 Å². The van der Waals surface area contributed by atoms with Crippen LogP contribution < -0.4 is 15.4 Å². The van der Waals surface area contributed by atoms with Crippen LogP contribution in [0.5, 0.6) is 5.75 Å². The maximum absolute atomic E-state index is 12.4. The smallest absolute Gasteiger partial charge is 0.275 e. The van der Waals surface area contributed by atoms with E-state index < -0.39 is 0 Å². The maximum Gasteiger partial charge on any atom is 0.275 e. The minimum absolute atomic E-state index is 0.131. The summed E-state index contributed by atoms with van der Waals surface area (Å²) in [5.41, 5.74) is 3.07. The number of rotatable bonds is 7. The van der Waals surface area contributed by atoms with Gasteiger partial charge in [-0.2, -0.15) is 0 Å². The number of anilines is 3. The second-order valence-electron chi connectivity index (χ2n) is 7.33. The van der Waals surface area contributed by atoms with E-state index in [1.54, 1.807) is 0 Å². The van der Waals surface area contributed by atoms with Gasteiger partial charge in [-0.05, 0) is 61.7 Å². The minimum Gasteiger partial charge on any atom is -0.491 e. The van der Waals surface area contributed by atoms with Gasteiger partial charge in [0.05, 0.1) is 18.5 Å². The van der Waals surface area contributed by atoms with Crippen LogP contribution in [0.1, 0.15) is 49.7 Å². The highest BCUT2D eigenvalue weighted by Gasteiger charge is 2.09. The molecule has 2 aromatic carbocycles. The molecular formula is C23H26N4O2. The van der Waals surface area contributed by atoms with Crippen molar-refractivity contribution in [3.8, 4) is 5.75 Å². The molecule has 0 atom stereocenters. The number of hydrogen-bond acceptors (Lipinski definition) is 5. The lowest BCUT2D eigenvalue weighted by molar-refractivity contribution is 0.102. The number of nitrogens with zero attached hydrogens (tertiary/aromatic N) is 2. The molecule has 6 nitrogen and oxygen atoms in total. The third-order valence-corrected chi connectivity index (χ3v) is 4.22. The van der Waals surface area contributed by atoms with E-state index in [1.807, 2.05) is 62.4 Å². The Morgan fingerprint density at radius 1 is 0.862 bits per heavy atom. The van der Waals surface area contributed by atoms with Crippen LogP contribution in [-0.2, 0) is 0 Å². The fourth-order valence-corrected chi connectivity index (χ4v) is 2.69. The molecule has 2 N–H and O–H groups in total. The number of nitrogens with one attached hydrogen (secondary N) is 2. The van der Waals surface area contributed by atoms with Crippen LogP contribution in [0.4, 0.5) is 17.2 Å². The average Bonchev–Trinajstić information content (AvgIpc) is 2.70. The lowest BCUT2D eigenvalue weighted by Crippen LogP contribution is -2.14. The summed E-state index contributed by atoms with van der Waals surface area (Å²) in [6.07, 6.45) is 3.12. The molecule has 150 valence electrons. The van der Waals surface area contributed by atoms with Crippen LogP contribution in [0.3, 0.4) is 0 Å².